The number of hydrogen-bond donors (Lipinski definition) is 1. The average Bonchev–Trinajstić information content (AvgIpc) is 3.35. The molecule has 0 saturated carbocycles. The van der Waals surface area contributed by atoms with Gasteiger partial charge in [-0.3, -0.25) is 4.79 Å². The van der Waals surface area contributed by atoms with Crippen molar-refractivity contribution in [1.29, 1.82) is 0 Å². The van der Waals surface area contributed by atoms with E-state index in [0.29, 0.717) is 12.2 Å². The van der Waals surface area contributed by atoms with Gasteiger partial charge in [0.15, 0.2) is 6.73 Å². The molecular formula is C25H27N5O2. The first-order valence-electron chi connectivity index (χ1n) is 10.5. The lowest BCUT2D eigenvalue weighted by Crippen LogP contribution is -2.24. The number of rotatable bonds is 7. The van der Waals surface area contributed by atoms with Crippen molar-refractivity contribution in [2.75, 3.05) is 0 Å². The number of aromatic nitrogens is 4. The van der Waals surface area contributed by atoms with E-state index in [9.17, 15) is 4.79 Å². The van der Waals surface area contributed by atoms with E-state index in [1.165, 1.54) is 0 Å². The van der Waals surface area contributed by atoms with Gasteiger partial charge in [0.1, 0.15) is 11.4 Å². The normalized spacial score (nSPS) is 10.9. The SMILES string of the molecule is Cc1cc(C)cc(OCn2ccc(C(=O)NCc3c(C)nn(-c4ccccc4)c3C)n2)c1. The van der Waals surface area contributed by atoms with E-state index < -0.39 is 0 Å². The molecule has 0 aliphatic heterocycles. The molecule has 0 spiro atoms. The highest BCUT2D eigenvalue weighted by molar-refractivity contribution is 5.92. The first-order chi connectivity index (χ1) is 15.4. The minimum Gasteiger partial charge on any atom is -0.471 e. The van der Waals surface area contributed by atoms with Gasteiger partial charge in [-0.15, -0.1) is 0 Å². The fourth-order valence-electron chi connectivity index (χ4n) is 3.72. The van der Waals surface area contributed by atoms with Crippen LogP contribution in [0.15, 0.2) is 60.8 Å². The summed E-state index contributed by atoms with van der Waals surface area (Å²) in [6.07, 6.45) is 1.74. The van der Waals surface area contributed by atoms with Crippen LogP contribution in [0.2, 0.25) is 0 Å². The van der Waals surface area contributed by atoms with Gasteiger partial charge in [0.2, 0.25) is 0 Å². The van der Waals surface area contributed by atoms with E-state index in [-0.39, 0.29) is 12.6 Å². The second-order valence-electron chi connectivity index (χ2n) is 7.92. The minimum atomic E-state index is -0.235. The van der Waals surface area contributed by atoms with Crippen molar-refractivity contribution in [3.63, 3.8) is 0 Å². The maximum Gasteiger partial charge on any atom is 0.272 e. The number of para-hydroxylation sites is 1. The molecule has 32 heavy (non-hydrogen) atoms. The fraction of sp³-hybridized carbons (Fsp3) is 0.240. The molecule has 2 aromatic carbocycles. The molecule has 4 aromatic rings. The van der Waals surface area contributed by atoms with Crippen molar-refractivity contribution in [2.45, 2.75) is 41.0 Å². The number of hydrogen-bond acceptors (Lipinski definition) is 4. The zero-order valence-corrected chi connectivity index (χ0v) is 18.8. The highest BCUT2D eigenvalue weighted by Crippen LogP contribution is 2.18. The largest absolute Gasteiger partial charge is 0.471 e. The second-order valence-corrected chi connectivity index (χ2v) is 7.92. The monoisotopic (exact) mass is 429 g/mol. The van der Waals surface area contributed by atoms with Crippen LogP contribution in [0.5, 0.6) is 5.75 Å². The van der Waals surface area contributed by atoms with Crippen LogP contribution in [0.4, 0.5) is 0 Å². The van der Waals surface area contributed by atoms with Crippen LogP contribution in [-0.4, -0.2) is 25.5 Å². The van der Waals surface area contributed by atoms with Crippen LogP contribution < -0.4 is 10.1 Å². The lowest BCUT2D eigenvalue weighted by Gasteiger charge is -2.08. The van der Waals surface area contributed by atoms with Crippen molar-refractivity contribution >= 4 is 5.91 Å². The maximum atomic E-state index is 12.6. The molecule has 0 aliphatic rings. The zero-order chi connectivity index (χ0) is 22.7. The van der Waals surface area contributed by atoms with Gasteiger partial charge in [-0.05, 0) is 69.2 Å². The van der Waals surface area contributed by atoms with Crippen LogP contribution >= 0.6 is 0 Å². The molecule has 2 heterocycles. The first kappa shape index (κ1) is 21.4. The van der Waals surface area contributed by atoms with E-state index in [2.05, 4.69) is 21.6 Å². The highest BCUT2D eigenvalue weighted by Gasteiger charge is 2.15. The number of aryl methyl sites for hydroxylation is 3. The molecule has 1 N–H and O–H groups in total. The number of carbonyl (C=O) groups excluding carboxylic acids is 1. The number of amides is 1. The molecule has 0 fully saturated rings. The van der Waals surface area contributed by atoms with Gasteiger partial charge in [-0.25, -0.2) is 9.36 Å². The second kappa shape index (κ2) is 9.09. The predicted octanol–water partition coefficient (Wildman–Crippen LogP) is 4.27. The molecule has 0 bridgehead atoms. The molecule has 7 heteroatoms. The van der Waals surface area contributed by atoms with Crippen LogP contribution in [-0.2, 0) is 13.3 Å². The van der Waals surface area contributed by atoms with Gasteiger partial charge in [-0.2, -0.15) is 10.2 Å². The summed E-state index contributed by atoms with van der Waals surface area (Å²) < 4.78 is 9.32. The third-order valence-corrected chi connectivity index (χ3v) is 5.30. The summed E-state index contributed by atoms with van der Waals surface area (Å²) in [5.41, 5.74) is 6.51. The molecular weight excluding hydrogens is 402 g/mol. The molecule has 0 aliphatic carbocycles. The van der Waals surface area contributed by atoms with Crippen LogP contribution in [0.25, 0.3) is 5.69 Å². The van der Waals surface area contributed by atoms with Gasteiger partial charge in [-0.1, -0.05) is 24.3 Å². The lowest BCUT2D eigenvalue weighted by molar-refractivity contribution is 0.0944. The molecule has 0 unspecified atom stereocenters. The zero-order valence-electron chi connectivity index (χ0n) is 18.8. The third-order valence-electron chi connectivity index (χ3n) is 5.30. The molecule has 1 amide bonds. The van der Waals surface area contributed by atoms with Crippen LogP contribution in [0.3, 0.4) is 0 Å². The summed E-state index contributed by atoms with van der Waals surface area (Å²) in [6.45, 7) is 8.64. The summed E-state index contributed by atoms with van der Waals surface area (Å²) in [5.74, 6) is 0.548. The Morgan fingerprint density at radius 2 is 1.69 bits per heavy atom. The summed E-state index contributed by atoms with van der Waals surface area (Å²) in [7, 11) is 0. The van der Waals surface area contributed by atoms with Crippen molar-refractivity contribution in [3.05, 3.63) is 94.6 Å². The fourth-order valence-corrected chi connectivity index (χ4v) is 3.72. The van der Waals surface area contributed by atoms with Crippen LogP contribution in [0, 0.1) is 27.7 Å². The molecule has 0 atom stereocenters. The average molecular weight is 430 g/mol. The maximum absolute atomic E-state index is 12.6. The molecule has 4 rings (SSSR count). The van der Waals surface area contributed by atoms with E-state index >= 15 is 0 Å². The Kier molecular flexibility index (Phi) is 6.07. The van der Waals surface area contributed by atoms with E-state index in [4.69, 9.17) is 4.74 Å². The Morgan fingerprint density at radius 1 is 0.969 bits per heavy atom. The van der Waals surface area contributed by atoms with E-state index in [0.717, 1.165) is 39.5 Å². The third kappa shape index (κ3) is 4.72. The standard InChI is InChI=1S/C25H27N5O2/c1-17-12-18(2)14-22(13-17)32-16-29-11-10-24(28-29)25(31)26-15-23-19(3)27-30(20(23)4)21-8-6-5-7-9-21/h5-14H,15-16H2,1-4H3,(H,26,31). The van der Waals surface area contributed by atoms with Crippen molar-refractivity contribution in [2.24, 2.45) is 0 Å². The topological polar surface area (TPSA) is 74.0 Å². The predicted molar refractivity (Wildman–Crippen MR) is 123 cm³/mol. The Balaban J connectivity index is 1.38. The number of nitrogens with zero attached hydrogens (tertiary/aromatic N) is 4. The van der Waals surface area contributed by atoms with Gasteiger partial charge >= 0.3 is 0 Å². The Bertz CT molecular complexity index is 1220. The molecule has 0 radical (unpaired) electrons. The molecule has 7 nitrogen and oxygen atoms in total. The van der Waals surface area contributed by atoms with Crippen molar-refractivity contribution in [1.82, 2.24) is 24.9 Å². The minimum absolute atomic E-state index is 0.234. The summed E-state index contributed by atoms with van der Waals surface area (Å²) >= 11 is 0. The number of ether oxygens (including phenoxy) is 1. The quantitative estimate of drug-likeness (QED) is 0.476. The molecule has 0 saturated heterocycles. The number of nitrogens with one attached hydrogen (secondary N) is 1. The summed E-state index contributed by atoms with van der Waals surface area (Å²) in [6, 6.07) is 17.7. The Morgan fingerprint density at radius 3 is 2.41 bits per heavy atom. The van der Waals surface area contributed by atoms with E-state index in [1.807, 2.05) is 74.8 Å². The molecule has 164 valence electrons. The smallest absolute Gasteiger partial charge is 0.272 e. The highest BCUT2D eigenvalue weighted by atomic mass is 16.5. The Hall–Kier alpha value is -3.87. The number of benzene rings is 2. The van der Waals surface area contributed by atoms with Gasteiger partial charge in [0.25, 0.3) is 5.91 Å². The van der Waals surface area contributed by atoms with Gasteiger partial charge in [0.05, 0.1) is 11.4 Å². The lowest BCUT2D eigenvalue weighted by atomic mass is 10.1. The van der Waals surface area contributed by atoms with Gasteiger partial charge in [0, 0.05) is 24.0 Å². The molecule has 2 aromatic heterocycles. The van der Waals surface area contributed by atoms with Crippen molar-refractivity contribution < 1.29 is 9.53 Å². The van der Waals surface area contributed by atoms with Crippen LogP contribution in [0.1, 0.15) is 38.6 Å². The Labute approximate surface area is 187 Å². The van der Waals surface area contributed by atoms with Crippen molar-refractivity contribution in [3.8, 4) is 11.4 Å². The van der Waals surface area contributed by atoms with E-state index in [1.54, 1.807) is 16.9 Å². The summed E-state index contributed by atoms with van der Waals surface area (Å²) in [5, 5.41) is 11.9. The van der Waals surface area contributed by atoms with Gasteiger partial charge < -0.3 is 10.1 Å². The number of carbonyl (C=O) groups is 1. The summed E-state index contributed by atoms with van der Waals surface area (Å²) in [4.78, 5) is 12.6. The first-order valence-corrected chi connectivity index (χ1v) is 10.5.